The Balaban J connectivity index is 1.29. The monoisotopic (exact) mass is 544 g/mol. The highest BCUT2D eigenvalue weighted by molar-refractivity contribution is 7.92. The molecule has 5 rings (SSSR count). The minimum absolute atomic E-state index is 0.0733. The fourth-order valence-electron chi connectivity index (χ4n) is 4.06. The van der Waals surface area contributed by atoms with E-state index in [-0.39, 0.29) is 16.1 Å². The van der Waals surface area contributed by atoms with E-state index < -0.39 is 28.0 Å². The van der Waals surface area contributed by atoms with Gasteiger partial charge in [-0.15, -0.1) is 0 Å². The molecule has 39 heavy (non-hydrogen) atoms. The van der Waals surface area contributed by atoms with E-state index in [9.17, 15) is 18.0 Å². The highest BCUT2D eigenvalue weighted by atomic mass is 32.2. The second-order valence-electron chi connectivity index (χ2n) is 8.68. The van der Waals surface area contributed by atoms with Gasteiger partial charge >= 0.3 is 5.97 Å². The van der Waals surface area contributed by atoms with Crippen LogP contribution in [-0.4, -0.2) is 33.5 Å². The van der Waals surface area contributed by atoms with Gasteiger partial charge in [0.25, 0.3) is 15.9 Å². The topological polar surface area (TPSA) is 124 Å². The fraction of sp³-hybridized carbons (Fsp3) is 0.103. The molecule has 0 bridgehead atoms. The molecule has 10 heteroatoms. The van der Waals surface area contributed by atoms with Crippen molar-refractivity contribution in [2.45, 2.75) is 17.9 Å². The Morgan fingerprint density at radius 3 is 2.36 bits per heavy atom. The summed E-state index contributed by atoms with van der Waals surface area (Å²) >= 11 is 0. The van der Waals surface area contributed by atoms with Crippen molar-refractivity contribution in [3.8, 4) is 5.75 Å². The van der Waals surface area contributed by atoms with Gasteiger partial charge in [-0.3, -0.25) is 9.52 Å². The van der Waals surface area contributed by atoms with Crippen molar-refractivity contribution >= 4 is 55.2 Å². The Kier molecular flexibility index (Phi) is 6.95. The molecular weight excluding hydrogens is 520 g/mol. The molecule has 0 aliphatic rings. The number of rotatable bonds is 8. The lowest BCUT2D eigenvalue weighted by atomic mass is 10.1. The van der Waals surface area contributed by atoms with Gasteiger partial charge in [-0.2, -0.15) is 0 Å². The van der Waals surface area contributed by atoms with E-state index >= 15 is 0 Å². The van der Waals surface area contributed by atoms with E-state index in [0.29, 0.717) is 22.6 Å². The zero-order valence-electron chi connectivity index (χ0n) is 21.0. The van der Waals surface area contributed by atoms with E-state index in [2.05, 4.69) is 10.0 Å². The van der Waals surface area contributed by atoms with E-state index in [0.717, 1.165) is 10.8 Å². The SMILES string of the molecule is COc1cc2c(cc1NC(=O)[C@H](C)OC(=O)c1cccc(NS(=O)(=O)c3ccccc3)c1)oc1ccccc12. The first-order valence-corrected chi connectivity index (χ1v) is 13.4. The maximum atomic E-state index is 12.9. The number of carbonyl (C=O) groups excluding carboxylic acids is 2. The van der Waals surface area contributed by atoms with Crippen LogP contribution in [0.1, 0.15) is 17.3 Å². The number of benzene rings is 4. The predicted octanol–water partition coefficient (Wildman–Crippen LogP) is 5.58. The molecule has 1 atom stereocenters. The number of anilines is 2. The number of nitrogens with one attached hydrogen (secondary N) is 2. The minimum Gasteiger partial charge on any atom is -0.495 e. The lowest BCUT2D eigenvalue weighted by Crippen LogP contribution is -2.30. The number of carbonyl (C=O) groups is 2. The van der Waals surface area contributed by atoms with Crippen LogP contribution in [-0.2, 0) is 19.6 Å². The quantitative estimate of drug-likeness (QED) is 0.244. The summed E-state index contributed by atoms with van der Waals surface area (Å²) in [6.07, 6.45) is -1.17. The van der Waals surface area contributed by atoms with Gasteiger partial charge < -0.3 is 19.2 Å². The number of furan rings is 1. The molecule has 9 nitrogen and oxygen atoms in total. The van der Waals surface area contributed by atoms with E-state index in [1.807, 2.05) is 24.3 Å². The molecule has 0 aliphatic heterocycles. The molecule has 1 aromatic heterocycles. The lowest BCUT2D eigenvalue weighted by molar-refractivity contribution is -0.123. The Morgan fingerprint density at radius 1 is 0.846 bits per heavy atom. The van der Waals surface area contributed by atoms with Gasteiger partial charge in [-0.25, -0.2) is 13.2 Å². The molecule has 0 saturated carbocycles. The van der Waals surface area contributed by atoms with Gasteiger partial charge in [0.2, 0.25) is 0 Å². The lowest BCUT2D eigenvalue weighted by Gasteiger charge is -2.16. The molecular formula is C29H24N2O7S. The minimum atomic E-state index is -3.84. The summed E-state index contributed by atoms with van der Waals surface area (Å²) in [6, 6.07) is 24.7. The average molecular weight is 545 g/mol. The number of fused-ring (bicyclic) bond motifs is 3. The third kappa shape index (κ3) is 5.41. The Labute approximate surface area is 224 Å². The third-order valence-electron chi connectivity index (χ3n) is 6.01. The van der Waals surface area contributed by atoms with Gasteiger partial charge in [-0.1, -0.05) is 42.5 Å². The van der Waals surface area contributed by atoms with Crippen LogP contribution in [0.3, 0.4) is 0 Å². The zero-order chi connectivity index (χ0) is 27.6. The molecule has 0 radical (unpaired) electrons. The molecule has 1 amide bonds. The van der Waals surface area contributed by atoms with Crippen LogP contribution in [0, 0.1) is 0 Å². The predicted molar refractivity (Wildman–Crippen MR) is 147 cm³/mol. The molecule has 0 fully saturated rings. The van der Waals surface area contributed by atoms with Crippen LogP contribution in [0.4, 0.5) is 11.4 Å². The van der Waals surface area contributed by atoms with Gasteiger partial charge in [0.05, 0.1) is 23.3 Å². The van der Waals surface area contributed by atoms with Gasteiger partial charge in [0, 0.05) is 22.5 Å². The second kappa shape index (κ2) is 10.5. The number of sulfonamides is 1. The second-order valence-corrected chi connectivity index (χ2v) is 10.4. The number of amides is 1. The van der Waals surface area contributed by atoms with Crippen LogP contribution in [0.2, 0.25) is 0 Å². The van der Waals surface area contributed by atoms with Crippen molar-refractivity contribution in [2.24, 2.45) is 0 Å². The van der Waals surface area contributed by atoms with Crippen molar-refractivity contribution in [2.75, 3.05) is 17.1 Å². The molecule has 0 saturated heterocycles. The van der Waals surface area contributed by atoms with Crippen molar-refractivity contribution in [1.29, 1.82) is 0 Å². The van der Waals surface area contributed by atoms with Crippen LogP contribution >= 0.6 is 0 Å². The summed E-state index contributed by atoms with van der Waals surface area (Å²) in [7, 11) is -2.36. The molecule has 0 spiro atoms. The van der Waals surface area contributed by atoms with Crippen LogP contribution < -0.4 is 14.8 Å². The van der Waals surface area contributed by atoms with Gasteiger partial charge in [-0.05, 0) is 49.4 Å². The largest absolute Gasteiger partial charge is 0.495 e. The Morgan fingerprint density at radius 2 is 1.59 bits per heavy atom. The number of hydrogen-bond acceptors (Lipinski definition) is 7. The maximum Gasteiger partial charge on any atom is 0.338 e. The summed E-state index contributed by atoms with van der Waals surface area (Å²) in [4.78, 5) is 25.8. The molecule has 4 aromatic carbocycles. The van der Waals surface area contributed by atoms with Gasteiger partial charge in [0.1, 0.15) is 16.9 Å². The van der Waals surface area contributed by atoms with Crippen LogP contribution in [0.15, 0.2) is 100 Å². The molecule has 2 N–H and O–H groups in total. The van der Waals surface area contributed by atoms with Crippen LogP contribution in [0.5, 0.6) is 5.75 Å². The summed E-state index contributed by atoms with van der Waals surface area (Å²) in [5, 5.41) is 4.47. The van der Waals surface area contributed by atoms with Crippen LogP contribution in [0.25, 0.3) is 21.9 Å². The molecule has 0 aliphatic carbocycles. The van der Waals surface area contributed by atoms with E-state index in [1.54, 1.807) is 30.3 Å². The molecule has 1 heterocycles. The van der Waals surface area contributed by atoms with Crippen molar-refractivity contribution in [3.05, 3.63) is 96.6 Å². The maximum absolute atomic E-state index is 12.9. The fourth-order valence-corrected chi connectivity index (χ4v) is 5.13. The zero-order valence-corrected chi connectivity index (χ0v) is 21.8. The number of ether oxygens (including phenoxy) is 2. The van der Waals surface area contributed by atoms with E-state index in [1.165, 1.54) is 50.4 Å². The summed E-state index contributed by atoms with van der Waals surface area (Å²) < 4.78 is 44.4. The molecule has 5 aromatic rings. The normalized spacial score (nSPS) is 12.2. The Hall–Kier alpha value is -4.83. The standard InChI is InChI=1S/C29H24N2O7S/c1-18(28(32)30-24-17-26-23(16-27(24)36-2)22-13-6-7-14-25(22)38-26)37-29(33)19-9-8-10-20(15-19)31-39(34,35)21-11-4-3-5-12-21/h3-18,31H,1-2H3,(H,30,32)/t18-/m0/s1. The van der Waals surface area contributed by atoms with Crippen molar-refractivity contribution in [3.63, 3.8) is 0 Å². The summed E-state index contributed by atoms with van der Waals surface area (Å²) in [5.74, 6) is -0.963. The van der Waals surface area contributed by atoms with E-state index in [4.69, 9.17) is 13.9 Å². The molecule has 198 valence electrons. The smallest absolute Gasteiger partial charge is 0.338 e. The highest BCUT2D eigenvalue weighted by Crippen LogP contribution is 2.36. The average Bonchev–Trinajstić information content (AvgIpc) is 3.30. The number of methoxy groups -OCH3 is 1. The third-order valence-corrected chi connectivity index (χ3v) is 7.41. The number of para-hydroxylation sites is 1. The first kappa shape index (κ1) is 25.8. The van der Waals surface area contributed by atoms with Gasteiger partial charge in [0.15, 0.2) is 6.10 Å². The first-order chi connectivity index (χ1) is 18.7. The number of esters is 1. The van der Waals surface area contributed by atoms with Crippen molar-refractivity contribution < 1.29 is 31.9 Å². The summed E-state index contributed by atoms with van der Waals surface area (Å²) in [6.45, 7) is 1.43. The van der Waals surface area contributed by atoms with Crippen molar-refractivity contribution in [1.82, 2.24) is 0 Å². The number of hydrogen-bond donors (Lipinski definition) is 2. The highest BCUT2D eigenvalue weighted by Gasteiger charge is 2.22. The Bertz CT molecular complexity index is 1800. The first-order valence-electron chi connectivity index (χ1n) is 11.9. The molecule has 0 unspecified atom stereocenters. The summed E-state index contributed by atoms with van der Waals surface area (Å²) in [5.41, 5.74) is 1.87.